The van der Waals surface area contributed by atoms with Crippen LogP contribution in [-0.2, 0) is 4.79 Å². The van der Waals surface area contributed by atoms with Crippen LogP contribution >= 0.6 is 0 Å². The summed E-state index contributed by atoms with van der Waals surface area (Å²) in [6.07, 6.45) is 9.09. The van der Waals surface area contributed by atoms with E-state index in [0.29, 0.717) is 18.5 Å². The Hall–Kier alpha value is -2.63. The number of nitrogens with zero attached hydrogens (tertiary/aromatic N) is 3. The Morgan fingerprint density at radius 2 is 1.83 bits per heavy atom. The van der Waals surface area contributed by atoms with Crippen LogP contribution in [0.2, 0.25) is 0 Å². The van der Waals surface area contributed by atoms with Crippen LogP contribution in [0.3, 0.4) is 0 Å². The third-order valence-corrected chi connectivity index (χ3v) is 5.79. The zero-order valence-electron chi connectivity index (χ0n) is 17.2. The van der Waals surface area contributed by atoms with Crippen LogP contribution in [0.4, 0.5) is 5.69 Å². The highest BCUT2D eigenvalue weighted by atomic mass is 16.5. The number of hydrogen-bond donors (Lipinski definition) is 0. The van der Waals surface area contributed by atoms with Gasteiger partial charge in [-0.15, -0.1) is 0 Å². The van der Waals surface area contributed by atoms with Gasteiger partial charge in [0.1, 0.15) is 23.7 Å². The molecule has 4 rings (SSSR count). The first-order valence-electron chi connectivity index (χ1n) is 10.6. The van der Waals surface area contributed by atoms with Crippen LogP contribution in [0.1, 0.15) is 57.4 Å². The minimum absolute atomic E-state index is 0.140. The molecule has 1 saturated heterocycles. The van der Waals surface area contributed by atoms with Gasteiger partial charge in [-0.1, -0.05) is 19.1 Å². The Balaban J connectivity index is 1.29. The summed E-state index contributed by atoms with van der Waals surface area (Å²) in [6, 6.07) is 8.60. The fraction of sp³-hybridized carbons (Fsp3) is 0.522. The Bertz CT molecular complexity index is 818. The van der Waals surface area contributed by atoms with E-state index in [2.05, 4.69) is 33.9 Å². The Morgan fingerprint density at radius 1 is 1.10 bits per heavy atom. The predicted molar refractivity (Wildman–Crippen MR) is 112 cm³/mol. The largest absolute Gasteiger partial charge is 0.489 e. The zero-order valence-corrected chi connectivity index (χ0v) is 17.2. The standard InChI is InChI=1S/C23H29N3O3/c1-16(12-17(2)27)18-6-8-21(9-7-18)28-22-10-11-26(15-22)19-13-24-23(25-14-19)29-20-4-3-5-20/h6-9,13-14,16,20,22H,3-5,10-12,15H2,1-2H3/t16-,22?/m1/s1. The fourth-order valence-corrected chi connectivity index (χ4v) is 3.85. The highest BCUT2D eigenvalue weighted by Crippen LogP contribution is 2.27. The van der Waals surface area contributed by atoms with Gasteiger partial charge in [0.2, 0.25) is 0 Å². The van der Waals surface area contributed by atoms with Crippen molar-refractivity contribution >= 4 is 11.5 Å². The van der Waals surface area contributed by atoms with E-state index in [1.807, 2.05) is 24.5 Å². The van der Waals surface area contributed by atoms with Crippen molar-refractivity contribution in [1.29, 1.82) is 0 Å². The molecule has 2 atom stereocenters. The first kappa shape index (κ1) is 19.7. The first-order chi connectivity index (χ1) is 14.1. The summed E-state index contributed by atoms with van der Waals surface area (Å²) in [5.41, 5.74) is 2.17. The van der Waals surface area contributed by atoms with E-state index in [0.717, 1.165) is 43.8 Å². The van der Waals surface area contributed by atoms with Crippen LogP contribution in [0.25, 0.3) is 0 Å². The van der Waals surface area contributed by atoms with Gasteiger partial charge in [0.15, 0.2) is 0 Å². The number of anilines is 1. The number of hydrogen-bond acceptors (Lipinski definition) is 6. The maximum absolute atomic E-state index is 11.3. The zero-order chi connectivity index (χ0) is 20.2. The summed E-state index contributed by atoms with van der Waals surface area (Å²) in [7, 11) is 0. The summed E-state index contributed by atoms with van der Waals surface area (Å²) in [5, 5.41) is 0. The lowest BCUT2D eigenvalue weighted by Gasteiger charge is -2.25. The van der Waals surface area contributed by atoms with Crippen molar-refractivity contribution in [1.82, 2.24) is 9.97 Å². The van der Waals surface area contributed by atoms with Crippen molar-refractivity contribution in [2.24, 2.45) is 0 Å². The van der Waals surface area contributed by atoms with E-state index in [9.17, 15) is 4.79 Å². The van der Waals surface area contributed by atoms with Gasteiger partial charge in [-0.2, -0.15) is 0 Å². The van der Waals surface area contributed by atoms with Crippen molar-refractivity contribution in [2.75, 3.05) is 18.0 Å². The molecule has 0 amide bonds. The molecule has 1 aromatic carbocycles. The van der Waals surface area contributed by atoms with Crippen LogP contribution < -0.4 is 14.4 Å². The Morgan fingerprint density at radius 3 is 2.45 bits per heavy atom. The molecule has 6 nitrogen and oxygen atoms in total. The molecular weight excluding hydrogens is 366 g/mol. The molecule has 2 heterocycles. The van der Waals surface area contributed by atoms with Crippen molar-refractivity contribution in [3.05, 3.63) is 42.2 Å². The van der Waals surface area contributed by atoms with Gasteiger partial charge >= 0.3 is 6.01 Å². The average Bonchev–Trinajstić information content (AvgIpc) is 3.14. The number of ether oxygens (including phenoxy) is 2. The second-order valence-electron chi connectivity index (χ2n) is 8.25. The monoisotopic (exact) mass is 395 g/mol. The molecule has 6 heteroatoms. The molecule has 154 valence electrons. The van der Waals surface area contributed by atoms with E-state index in [1.54, 1.807) is 6.92 Å². The first-order valence-corrected chi connectivity index (χ1v) is 10.6. The number of carbonyl (C=O) groups excluding carboxylic acids is 1. The SMILES string of the molecule is CC(=O)C[C@@H](C)c1ccc(OC2CCN(c3cnc(OC4CCC4)nc3)C2)cc1. The van der Waals surface area contributed by atoms with E-state index in [4.69, 9.17) is 9.47 Å². The normalized spacial score (nSPS) is 20.2. The quantitative estimate of drug-likeness (QED) is 0.669. The number of Topliss-reactive ketones (excluding diaryl/α,β-unsaturated/α-hetero) is 1. The Kier molecular flexibility index (Phi) is 5.97. The van der Waals surface area contributed by atoms with Crippen LogP contribution in [0, 0.1) is 0 Å². The molecular formula is C23H29N3O3. The summed E-state index contributed by atoms with van der Waals surface area (Å²) >= 11 is 0. The van der Waals surface area contributed by atoms with E-state index >= 15 is 0 Å². The summed E-state index contributed by atoms with van der Waals surface area (Å²) < 4.78 is 11.9. The van der Waals surface area contributed by atoms with Gasteiger partial charge in [0.05, 0.1) is 24.6 Å². The maximum Gasteiger partial charge on any atom is 0.316 e. The van der Waals surface area contributed by atoms with Crippen molar-refractivity contribution < 1.29 is 14.3 Å². The van der Waals surface area contributed by atoms with Gasteiger partial charge < -0.3 is 19.2 Å². The molecule has 2 fully saturated rings. The highest BCUT2D eigenvalue weighted by molar-refractivity contribution is 5.76. The lowest BCUT2D eigenvalue weighted by Crippen LogP contribution is -2.26. The maximum atomic E-state index is 11.3. The third-order valence-electron chi connectivity index (χ3n) is 5.79. The smallest absolute Gasteiger partial charge is 0.316 e. The van der Waals surface area contributed by atoms with Crippen LogP contribution in [0.15, 0.2) is 36.7 Å². The van der Waals surface area contributed by atoms with Gasteiger partial charge in [-0.25, -0.2) is 9.97 Å². The molecule has 0 radical (unpaired) electrons. The fourth-order valence-electron chi connectivity index (χ4n) is 3.85. The molecule has 0 bridgehead atoms. The van der Waals surface area contributed by atoms with Crippen molar-refractivity contribution in [3.63, 3.8) is 0 Å². The molecule has 1 aromatic heterocycles. The topological polar surface area (TPSA) is 64.5 Å². The molecule has 1 aliphatic carbocycles. The summed E-state index contributed by atoms with van der Waals surface area (Å²) in [4.78, 5) is 22.3. The molecule has 2 aliphatic rings. The molecule has 0 N–H and O–H groups in total. The van der Waals surface area contributed by atoms with Crippen molar-refractivity contribution in [2.45, 2.75) is 64.1 Å². The summed E-state index contributed by atoms with van der Waals surface area (Å²) in [5.74, 6) is 1.33. The molecule has 1 unspecified atom stereocenters. The number of ketones is 1. The molecule has 1 saturated carbocycles. The van der Waals surface area contributed by atoms with E-state index in [-0.39, 0.29) is 17.8 Å². The lowest BCUT2D eigenvalue weighted by atomic mass is 9.96. The highest BCUT2D eigenvalue weighted by Gasteiger charge is 2.25. The number of carbonyl (C=O) groups is 1. The van der Waals surface area contributed by atoms with Gasteiger partial charge in [0.25, 0.3) is 0 Å². The van der Waals surface area contributed by atoms with Crippen LogP contribution in [0.5, 0.6) is 11.8 Å². The molecule has 0 spiro atoms. The van der Waals surface area contributed by atoms with E-state index < -0.39 is 0 Å². The lowest BCUT2D eigenvalue weighted by molar-refractivity contribution is -0.117. The minimum atomic E-state index is 0.140. The minimum Gasteiger partial charge on any atom is -0.489 e. The molecule has 2 aromatic rings. The second kappa shape index (κ2) is 8.80. The number of benzene rings is 1. The van der Waals surface area contributed by atoms with Gasteiger partial charge in [-0.3, -0.25) is 0 Å². The second-order valence-corrected chi connectivity index (χ2v) is 8.25. The molecule has 29 heavy (non-hydrogen) atoms. The van der Waals surface area contributed by atoms with Gasteiger partial charge in [0, 0.05) is 19.4 Å². The van der Waals surface area contributed by atoms with E-state index in [1.165, 1.54) is 12.0 Å². The van der Waals surface area contributed by atoms with Crippen LogP contribution in [-0.4, -0.2) is 41.0 Å². The Labute approximate surface area is 172 Å². The van der Waals surface area contributed by atoms with Gasteiger partial charge in [-0.05, 0) is 49.8 Å². The summed E-state index contributed by atoms with van der Waals surface area (Å²) in [6.45, 7) is 5.45. The number of rotatable bonds is 8. The predicted octanol–water partition coefficient (Wildman–Crippen LogP) is 4.15. The average molecular weight is 396 g/mol. The van der Waals surface area contributed by atoms with Crippen molar-refractivity contribution in [3.8, 4) is 11.8 Å². The number of aromatic nitrogens is 2. The molecule has 1 aliphatic heterocycles. The third kappa shape index (κ3) is 5.05.